The van der Waals surface area contributed by atoms with Crippen LogP contribution >= 0.6 is 0 Å². The van der Waals surface area contributed by atoms with E-state index >= 15 is 0 Å². The standard InChI is InChI=1S/C18H19N5O4/c1-11-4-6-12(7-5-11)21-8-3-9-22-14-15(19-17(21)22)20(2)18(27)23(16(14)26)10-13(24)25/h4-7H,3,8-10H2,1-2H3,(H,24,25). The number of carboxylic acid groups (broad SMARTS) is 1. The summed E-state index contributed by atoms with van der Waals surface area (Å²) in [6, 6.07) is 8.00. The summed E-state index contributed by atoms with van der Waals surface area (Å²) in [5.74, 6) is -0.659. The van der Waals surface area contributed by atoms with Crippen LogP contribution in [-0.2, 0) is 24.9 Å². The van der Waals surface area contributed by atoms with Crippen LogP contribution in [0.3, 0.4) is 0 Å². The lowest BCUT2D eigenvalue weighted by molar-refractivity contribution is -0.137. The largest absolute Gasteiger partial charge is 0.480 e. The quantitative estimate of drug-likeness (QED) is 0.734. The first-order valence-corrected chi connectivity index (χ1v) is 8.64. The third kappa shape index (κ3) is 2.62. The lowest BCUT2D eigenvalue weighted by atomic mass is 10.2. The maximum absolute atomic E-state index is 12.9. The molecular formula is C18H19N5O4. The zero-order valence-electron chi connectivity index (χ0n) is 15.0. The molecule has 2 aromatic heterocycles. The van der Waals surface area contributed by atoms with Gasteiger partial charge in [-0.3, -0.25) is 14.2 Å². The van der Waals surface area contributed by atoms with Crippen molar-refractivity contribution in [1.82, 2.24) is 18.7 Å². The van der Waals surface area contributed by atoms with Crippen molar-refractivity contribution in [2.75, 3.05) is 11.4 Å². The Balaban J connectivity index is 1.98. The lowest BCUT2D eigenvalue weighted by Gasteiger charge is -2.29. The highest BCUT2D eigenvalue weighted by Crippen LogP contribution is 2.30. The van der Waals surface area contributed by atoms with E-state index in [0.717, 1.165) is 28.8 Å². The molecule has 0 spiro atoms. The molecule has 0 atom stereocenters. The first kappa shape index (κ1) is 17.1. The third-order valence-corrected chi connectivity index (χ3v) is 4.86. The molecule has 0 fully saturated rings. The minimum absolute atomic E-state index is 0.255. The molecule has 3 heterocycles. The molecule has 0 unspecified atom stereocenters. The number of benzene rings is 1. The van der Waals surface area contributed by atoms with E-state index in [1.165, 1.54) is 11.6 Å². The number of anilines is 2. The molecule has 1 aliphatic rings. The van der Waals surface area contributed by atoms with Crippen LogP contribution in [0.1, 0.15) is 12.0 Å². The molecule has 3 aromatic rings. The number of aromatic nitrogens is 4. The second kappa shape index (κ2) is 6.11. The minimum atomic E-state index is -1.24. The monoisotopic (exact) mass is 369 g/mol. The molecule has 1 N–H and O–H groups in total. The van der Waals surface area contributed by atoms with Gasteiger partial charge in [-0.1, -0.05) is 17.7 Å². The van der Waals surface area contributed by atoms with Crippen LogP contribution < -0.4 is 16.1 Å². The van der Waals surface area contributed by atoms with Gasteiger partial charge < -0.3 is 14.6 Å². The van der Waals surface area contributed by atoms with Gasteiger partial charge >= 0.3 is 11.7 Å². The Morgan fingerprint density at radius 3 is 2.56 bits per heavy atom. The normalized spacial score (nSPS) is 13.8. The van der Waals surface area contributed by atoms with Crippen LogP contribution in [0, 0.1) is 6.92 Å². The van der Waals surface area contributed by atoms with E-state index in [9.17, 15) is 14.4 Å². The highest BCUT2D eigenvalue weighted by molar-refractivity contribution is 5.77. The Kier molecular flexibility index (Phi) is 3.87. The molecule has 0 saturated heterocycles. The van der Waals surface area contributed by atoms with Crippen molar-refractivity contribution < 1.29 is 9.90 Å². The topological polar surface area (TPSA) is 102 Å². The molecule has 0 bridgehead atoms. The maximum Gasteiger partial charge on any atom is 0.333 e. The second-order valence-corrected chi connectivity index (χ2v) is 6.70. The summed E-state index contributed by atoms with van der Waals surface area (Å²) in [5.41, 5.74) is 1.30. The van der Waals surface area contributed by atoms with E-state index in [0.29, 0.717) is 12.5 Å². The molecule has 9 nitrogen and oxygen atoms in total. The highest BCUT2D eigenvalue weighted by atomic mass is 16.4. The van der Waals surface area contributed by atoms with Crippen molar-refractivity contribution in [1.29, 1.82) is 0 Å². The van der Waals surface area contributed by atoms with Crippen LogP contribution in [0.4, 0.5) is 11.6 Å². The van der Waals surface area contributed by atoms with Gasteiger partial charge in [-0.05, 0) is 25.5 Å². The van der Waals surface area contributed by atoms with Crippen molar-refractivity contribution in [3.63, 3.8) is 0 Å². The Labute approximate surface area is 153 Å². The average molecular weight is 369 g/mol. The molecule has 1 aromatic carbocycles. The summed E-state index contributed by atoms with van der Waals surface area (Å²) >= 11 is 0. The Hall–Kier alpha value is -3.36. The summed E-state index contributed by atoms with van der Waals surface area (Å²) in [4.78, 5) is 43.0. The summed E-state index contributed by atoms with van der Waals surface area (Å²) < 4.78 is 3.75. The number of imidazole rings is 1. The molecule has 0 radical (unpaired) electrons. The minimum Gasteiger partial charge on any atom is -0.480 e. The number of fused-ring (bicyclic) bond motifs is 3. The van der Waals surface area contributed by atoms with Gasteiger partial charge in [0.15, 0.2) is 11.2 Å². The lowest BCUT2D eigenvalue weighted by Crippen LogP contribution is -2.41. The molecular weight excluding hydrogens is 350 g/mol. The zero-order chi connectivity index (χ0) is 19.3. The van der Waals surface area contributed by atoms with E-state index in [-0.39, 0.29) is 11.2 Å². The SMILES string of the molecule is Cc1ccc(N2CCCn3c2nc2c3c(=O)n(CC(=O)O)c(=O)n2C)cc1. The number of hydrogen-bond donors (Lipinski definition) is 1. The number of rotatable bonds is 3. The van der Waals surface area contributed by atoms with Crippen molar-refractivity contribution in [2.24, 2.45) is 7.05 Å². The Bertz CT molecular complexity index is 1170. The van der Waals surface area contributed by atoms with Crippen LogP contribution in [0.5, 0.6) is 0 Å². The van der Waals surface area contributed by atoms with E-state index < -0.39 is 23.8 Å². The maximum atomic E-state index is 12.9. The van der Waals surface area contributed by atoms with Gasteiger partial charge in [-0.15, -0.1) is 0 Å². The van der Waals surface area contributed by atoms with Gasteiger partial charge in [-0.2, -0.15) is 4.98 Å². The van der Waals surface area contributed by atoms with Gasteiger partial charge in [0.25, 0.3) is 5.56 Å². The van der Waals surface area contributed by atoms with E-state index in [4.69, 9.17) is 5.11 Å². The second-order valence-electron chi connectivity index (χ2n) is 6.70. The van der Waals surface area contributed by atoms with E-state index in [1.807, 2.05) is 36.1 Å². The summed E-state index contributed by atoms with van der Waals surface area (Å²) in [5, 5.41) is 9.04. The predicted molar refractivity (Wildman–Crippen MR) is 99.7 cm³/mol. The highest BCUT2D eigenvalue weighted by Gasteiger charge is 2.27. The first-order chi connectivity index (χ1) is 12.9. The molecule has 1 aliphatic heterocycles. The molecule has 0 aliphatic carbocycles. The summed E-state index contributed by atoms with van der Waals surface area (Å²) in [7, 11) is 1.50. The Morgan fingerprint density at radius 1 is 1.19 bits per heavy atom. The molecule has 9 heteroatoms. The smallest absolute Gasteiger partial charge is 0.333 e. The number of hydrogen-bond acceptors (Lipinski definition) is 5. The van der Waals surface area contributed by atoms with Crippen LogP contribution in [0.15, 0.2) is 33.9 Å². The van der Waals surface area contributed by atoms with Crippen molar-refractivity contribution >= 4 is 28.8 Å². The summed E-state index contributed by atoms with van der Waals surface area (Å²) in [6.45, 7) is 2.65. The van der Waals surface area contributed by atoms with Crippen LogP contribution in [0.2, 0.25) is 0 Å². The van der Waals surface area contributed by atoms with Gasteiger partial charge in [0.1, 0.15) is 6.54 Å². The molecule has 27 heavy (non-hydrogen) atoms. The number of nitrogens with zero attached hydrogens (tertiary/aromatic N) is 5. The number of aryl methyl sites for hydroxylation is 3. The molecule has 0 saturated carbocycles. The predicted octanol–water partition coefficient (Wildman–Crippen LogP) is 0.832. The van der Waals surface area contributed by atoms with Crippen molar-refractivity contribution in [2.45, 2.75) is 26.4 Å². The fourth-order valence-electron chi connectivity index (χ4n) is 3.51. The van der Waals surface area contributed by atoms with Gasteiger partial charge in [0, 0.05) is 25.8 Å². The molecule has 4 rings (SSSR count). The van der Waals surface area contributed by atoms with Crippen LogP contribution in [-0.4, -0.2) is 36.3 Å². The van der Waals surface area contributed by atoms with E-state index in [1.54, 1.807) is 4.57 Å². The van der Waals surface area contributed by atoms with Gasteiger partial charge in [-0.25, -0.2) is 9.36 Å². The fraction of sp³-hybridized carbons (Fsp3) is 0.333. The van der Waals surface area contributed by atoms with Crippen molar-refractivity contribution in [3.05, 3.63) is 50.7 Å². The zero-order valence-corrected chi connectivity index (χ0v) is 15.0. The van der Waals surface area contributed by atoms with Gasteiger partial charge in [0.2, 0.25) is 5.95 Å². The fourth-order valence-corrected chi connectivity index (χ4v) is 3.51. The van der Waals surface area contributed by atoms with Crippen LogP contribution in [0.25, 0.3) is 11.2 Å². The summed E-state index contributed by atoms with van der Waals surface area (Å²) in [6.07, 6.45) is 0.799. The number of carboxylic acids is 1. The number of carbonyl (C=O) groups is 1. The van der Waals surface area contributed by atoms with Gasteiger partial charge in [0.05, 0.1) is 0 Å². The van der Waals surface area contributed by atoms with Crippen molar-refractivity contribution in [3.8, 4) is 0 Å². The number of aliphatic carboxylic acids is 1. The molecule has 0 amide bonds. The molecule has 140 valence electrons. The average Bonchev–Trinajstić information content (AvgIpc) is 3.04. The Morgan fingerprint density at radius 2 is 1.89 bits per heavy atom. The first-order valence-electron chi connectivity index (χ1n) is 8.64. The van der Waals surface area contributed by atoms with E-state index in [2.05, 4.69) is 4.98 Å². The third-order valence-electron chi connectivity index (χ3n) is 4.86.